The second-order valence-corrected chi connectivity index (χ2v) is 7.55. The number of piperidine rings is 1. The summed E-state index contributed by atoms with van der Waals surface area (Å²) in [5.74, 6) is -0.840. The van der Waals surface area contributed by atoms with Crippen LogP contribution in [0.5, 0.6) is 0 Å². The van der Waals surface area contributed by atoms with Gasteiger partial charge in [-0.3, -0.25) is 14.4 Å². The first-order chi connectivity index (χ1) is 13.5. The Kier molecular flexibility index (Phi) is 7.03. The van der Waals surface area contributed by atoms with Crippen molar-refractivity contribution < 1.29 is 19.1 Å². The van der Waals surface area contributed by atoms with E-state index in [-0.39, 0.29) is 36.9 Å². The Morgan fingerprint density at radius 2 is 2.00 bits per heavy atom. The van der Waals surface area contributed by atoms with Crippen LogP contribution in [0, 0.1) is 0 Å². The first-order valence-corrected chi connectivity index (χ1v) is 10.1. The summed E-state index contributed by atoms with van der Waals surface area (Å²) in [5.41, 5.74) is 1.08. The first kappa shape index (κ1) is 20.3. The zero-order valence-corrected chi connectivity index (χ0v) is 16.4. The topological polar surface area (TPSA) is 87.7 Å². The molecule has 2 amide bonds. The number of ether oxygens (including phenoxy) is 1. The number of amides is 2. The molecule has 3 rings (SSSR count). The molecule has 2 aliphatic heterocycles. The third-order valence-electron chi connectivity index (χ3n) is 5.38. The molecule has 2 N–H and O–H groups in total. The Bertz CT molecular complexity index is 694. The molecule has 0 aliphatic carbocycles. The van der Waals surface area contributed by atoms with Gasteiger partial charge in [0.25, 0.3) is 0 Å². The van der Waals surface area contributed by atoms with Crippen molar-refractivity contribution >= 4 is 17.8 Å². The third-order valence-corrected chi connectivity index (χ3v) is 5.38. The molecule has 0 bridgehead atoms. The lowest BCUT2D eigenvalue weighted by Crippen LogP contribution is -2.62. The minimum absolute atomic E-state index is 0.0940. The van der Waals surface area contributed by atoms with E-state index in [1.165, 1.54) is 0 Å². The summed E-state index contributed by atoms with van der Waals surface area (Å²) in [6.45, 7) is 3.14. The number of rotatable bonds is 6. The molecular formula is C21H29N3O4. The minimum atomic E-state index is -0.801. The van der Waals surface area contributed by atoms with E-state index in [0.29, 0.717) is 19.5 Å². The number of esters is 1. The lowest BCUT2D eigenvalue weighted by molar-refractivity contribution is -0.152. The molecule has 0 radical (unpaired) electrons. The SMILES string of the molecule is CC1CCCC(C(=O)N2CCNC(=O)C2CC(=O)OCCc2ccccc2)N1. The van der Waals surface area contributed by atoms with Gasteiger partial charge in [0.15, 0.2) is 0 Å². The molecular weight excluding hydrogens is 358 g/mol. The standard InChI is InChI=1S/C21H29N3O4/c1-15-6-5-9-17(23-15)21(27)24-12-11-22-20(26)18(24)14-19(25)28-13-10-16-7-3-2-4-8-16/h2-4,7-8,15,17-18,23H,5-6,9-14H2,1H3,(H,22,26). The monoisotopic (exact) mass is 387 g/mol. The summed E-state index contributed by atoms with van der Waals surface area (Å²) in [6.07, 6.45) is 3.29. The van der Waals surface area contributed by atoms with Crippen molar-refractivity contribution in [2.45, 2.75) is 57.2 Å². The van der Waals surface area contributed by atoms with Crippen LogP contribution < -0.4 is 10.6 Å². The second kappa shape index (κ2) is 9.68. The van der Waals surface area contributed by atoms with Crippen molar-refractivity contribution in [2.24, 2.45) is 0 Å². The van der Waals surface area contributed by atoms with E-state index in [0.717, 1.165) is 24.8 Å². The van der Waals surface area contributed by atoms with Gasteiger partial charge in [0, 0.05) is 25.6 Å². The van der Waals surface area contributed by atoms with E-state index >= 15 is 0 Å². The first-order valence-electron chi connectivity index (χ1n) is 10.1. The van der Waals surface area contributed by atoms with Gasteiger partial charge in [0.2, 0.25) is 11.8 Å². The van der Waals surface area contributed by atoms with E-state index in [1.54, 1.807) is 4.90 Å². The number of piperazine rings is 1. The van der Waals surface area contributed by atoms with Gasteiger partial charge in [0.05, 0.1) is 19.1 Å². The predicted molar refractivity (Wildman–Crippen MR) is 104 cm³/mol. The largest absolute Gasteiger partial charge is 0.465 e. The van der Waals surface area contributed by atoms with Gasteiger partial charge >= 0.3 is 5.97 Å². The number of hydrogen-bond donors (Lipinski definition) is 2. The van der Waals surface area contributed by atoms with E-state index in [9.17, 15) is 14.4 Å². The van der Waals surface area contributed by atoms with Gasteiger partial charge in [0.1, 0.15) is 6.04 Å². The van der Waals surface area contributed by atoms with Crippen LogP contribution in [-0.2, 0) is 25.5 Å². The van der Waals surface area contributed by atoms with E-state index < -0.39 is 12.0 Å². The zero-order valence-electron chi connectivity index (χ0n) is 16.4. The highest BCUT2D eigenvalue weighted by Crippen LogP contribution is 2.18. The number of carbonyl (C=O) groups is 3. The van der Waals surface area contributed by atoms with Crippen LogP contribution in [0.3, 0.4) is 0 Å². The molecule has 0 aromatic heterocycles. The summed E-state index contributed by atoms with van der Waals surface area (Å²) in [4.78, 5) is 39.2. The van der Waals surface area contributed by atoms with Crippen molar-refractivity contribution in [3.05, 3.63) is 35.9 Å². The number of benzene rings is 1. The molecule has 2 fully saturated rings. The highest BCUT2D eigenvalue weighted by atomic mass is 16.5. The fraction of sp³-hybridized carbons (Fsp3) is 0.571. The lowest BCUT2D eigenvalue weighted by Gasteiger charge is -2.38. The van der Waals surface area contributed by atoms with Gasteiger partial charge in [-0.1, -0.05) is 30.3 Å². The Labute approximate surface area is 165 Å². The van der Waals surface area contributed by atoms with Crippen LogP contribution in [0.15, 0.2) is 30.3 Å². The molecule has 2 aliphatic rings. The molecule has 7 heteroatoms. The fourth-order valence-electron chi connectivity index (χ4n) is 3.86. The van der Waals surface area contributed by atoms with Crippen molar-refractivity contribution in [1.82, 2.24) is 15.5 Å². The fourth-order valence-corrected chi connectivity index (χ4v) is 3.86. The molecule has 0 saturated carbocycles. The van der Waals surface area contributed by atoms with Crippen LogP contribution in [-0.4, -0.2) is 60.5 Å². The molecule has 1 aromatic rings. The van der Waals surface area contributed by atoms with Crippen LogP contribution in [0.2, 0.25) is 0 Å². The number of hydrogen-bond acceptors (Lipinski definition) is 5. The quantitative estimate of drug-likeness (QED) is 0.712. The molecule has 1 aromatic carbocycles. The molecule has 28 heavy (non-hydrogen) atoms. The Morgan fingerprint density at radius 1 is 1.21 bits per heavy atom. The van der Waals surface area contributed by atoms with Crippen LogP contribution >= 0.6 is 0 Å². The van der Waals surface area contributed by atoms with E-state index in [2.05, 4.69) is 17.6 Å². The van der Waals surface area contributed by atoms with E-state index in [1.807, 2.05) is 30.3 Å². The highest BCUT2D eigenvalue weighted by molar-refractivity contribution is 5.93. The van der Waals surface area contributed by atoms with Gasteiger partial charge in [-0.15, -0.1) is 0 Å². The van der Waals surface area contributed by atoms with Crippen molar-refractivity contribution in [3.8, 4) is 0 Å². The zero-order chi connectivity index (χ0) is 19.9. The molecule has 2 heterocycles. The number of carbonyl (C=O) groups excluding carboxylic acids is 3. The normalized spacial score (nSPS) is 25.1. The number of nitrogens with zero attached hydrogens (tertiary/aromatic N) is 1. The Hall–Kier alpha value is -2.41. The maximum absolute atomic E-state index is 13.0. The summed E-state index contributed by atoms with van der Waals surface area (Å²) < 4.78 is 5.32. The summed E-state index contributed by atoms with van der Waals surface area (Å²) in [5, 5.41) is 6.07. The highest BCUT2D eigenvalue weighted by Gasteiger charge is 2.38. The van der Waals surface area contributed by atoms with Gasteiger partial charge < -0.3 is 20.3 Å². The van der Waals surface area contributed by atoms with Gasteiger partial charge in [-0.25, -0.2) is 0 Å². The van der Waals surface area contributed by atoms with Crippen molar-refractivity contribution in [1.29, 1.82) is 0 Å². The molecule has 3 atom stereocenters. The summed E-state index contributed by atoms with van der Waals surface area (Å²) in [7, 11) is 0. The van der Waals surface area contributed by atoms with Crippen molar-refractivity contribution in [2.75, 3.05) is 19.7 Å². The predicted octanol–water partition coefficient (Wildman–Crippen LogP) is 1.02. The van der Waals surface area contributed by atoms with Crippen molar-refractivity contribution in [3.63, 3.8) is 0 Å². The minimum Gasteiger partial charge on any atom is -0.465 e. The summed E-state index contributed by atoms with van der Waals surface area (Å²) in [6, 6.07) is 8.95. The summed E-state index contributed by atoms with van der Waals surface area (Å²) >= 11 is 0. The molecule has 0 spiro atoms. The maximum atomic E-state index is 13.0. The molecule has 7 nitrogen and oxygen atoms in total. The average molecular weight is 387 g/mol. The third kappa shape index (κ3) is 5.32. The molecule has 2 saturated heterocycles. The van der Waals surface area contributed by atoms with Gasteiger partial charge in [-0.05, 0) is 31.7 Å². The number of nitrogens with one attached hydrogen (secondary N) is 2. The lowest BCUT2D eigenvalue weighted by atomic mass is 9.97. The smallest absolute Gasteiger partial charge is 0.308 e. The van der Waals surface area contributed by atoms with Crippen LogP contribution in [0.1, 0.15) is 38.2 Å². The Balaban J connectivity index is 1.55. The average Bonchev–Trinajstić information content (AvgIpc) is 2.70. The molecule has 3 unspecified atom stereocenters. The maximum Gasteiger partial charge on any atom is 0.308 e. The van der Waals surface area contributed by atoms with Crippen LogP contribution in [0.25, 0.3) is 0 Å². The Morgan fingerprint density at radius 3 is 2.75 bits per heavy atom. The van der Waals surface area contributed by atoms with Crippen LogP contribution in [0.4, 0.5) is 0 Å². The molecule has 152 valence electrons. The van der Waals surface area contributed by atoms with E-state index in [4.69, 9.17) is 4.74 Å². The van der Waals surface area contributed by atoms with Gasteiger partial charge in [-0.2, -0.15) is 0 Å². The second-order valence-electron chi connectivity index (χ2n) is 7.55.